The molecular formula is C28H23N3O. The summed E-state index contributed by atoms with van der Waals surface area (Å²) in [6, 6.07) is 24.5. The van der Waals surface area contributed by atoms with E-state index in [2.05, 4.69) is 46.8 Å². The number of para-hydroxylation sites is 2. The van der Waals surface area contributed by atoms with Crippen LogP contribution in [0.4, 0.5) is 0 Å². The third-order valence-corrected chi connectivity index (χ3v) is 6.09. The van der Waals surface area contributed by atoms with Crippen LogP contribution in [-0.4, -0.2) is 14.5 Å². The van der Waals surface area contributed by atoms with Crippen molar-refractivity contribution in [3.8, 4) is 17.1 Å². The fourth-order valence-corrected chi connectivity index (χ4v) is 4.45. The predicted octanol–water partition coefficient (Wildman–Crippen LogP) is 7.42. The summed E-state index contributed by atoms with van der Waals surface area (Å²) >= 11 is 0. The number of furan rings is 1. The highest BCUT2D eigenvalue weighted by Crippen LogP contribution is 2.38. The molecule has 6 rings (SSSR count). The maximum Gasteiger partial charge on any atom is 0.178 e. The maximum absolute atomic E-state index is 8.40. The van der Waals surface area contributed by atoms with Crippen LogP contribution in [0.2, 0.25) is 0 Å². The number of fused-ring (bicyclic) bond motifs is 4. The number of benzene rings is 3. The van der Waals surface area contributed by atoms with Gasteiger partial charge in [-0.15, -0.1) is 0 Å². The lowest BCUT2D eigenvalue weighted by Crippen LogP contribution is -1.98. The van der Waals surface area contributed by atoms with E-state index in [9.17, 15) is 0 Å². The lowest BCUT2D eigenvalue weighted by atomic mass is 10.0. The molecule has 0 aliphatic rings. The van der Waals surface area contributed by atoms with Gasteiger partial charge < -0.3 is 4.42 Å². The molecule has 0 fully saturated rings. The zero-order valence-electron chi connectivity index (χ0n) is 19.3. The summed E-state index contributed by atoms with van der Waals surface area (Å²) in [5.41, 5.74) is 7.25. The SMILES string of the molecule is [2H]C(C)(C)c1ccc2c(c1)oc1c(-c3nc4nccc(C)c4n3-c3ccccc3)cccc12. The van der Waals surface area contributed by atoms with Gasteiger partial charge in [-0.2, -0.15) is 0 Å². The first-order chi connectivity index (χ1) is 15.9. The molecule has 3 aromatic carbocycles. The van der Waals surface area contributed by atoms with Gasteiger partial charge in [-0.1, -0.05) is 56.3 Å². The Labute approximate surface area is 187 Å². The van der Waals surface area contributed by atoms with Gasteiger partial charge in [0.15, 0.2) is 11.5 Å². The van der Waals surface area contributed by atoms with E-state index in [1.165, 1.54) is 0 Å². The van der Waals surface area contributed by atoms with Crippen LogP contribution < -0.4 is 0 Å². The molecule has 3 heterocycles. The molecule has 3 aromatic heterocycles. The minimum Gasteiger partial charge on any atom is -0.455 e. The minimum absolute atomic E-state index is 0.694. The monoisotopic (exact) mass is 418 g/mol. The molecule has 6 aromatic rings. The van der Waals surface area contributed by atoms with E-state index in [4.69, 9.17) is 10.8 Å². The zero-order valence-corrected chi connectivity index (χ0v) is 18.3. The van der Waals surface area contributed by atoms with Crippen molar-refractivity contribution < 1.29 is 5.79 Å². The number of imidazole rings is 1. The van der Waals surface area contributed by atoms with Crippen LogP contribution in [0, 0.1) is 6.92 Å². The summed E-state index contributed by atoms with van der Waals surface area (Å²) in [7, 11) is 0. The number of nitrogens with zero attached hydrogens (tertiary/aromatic N) is 3. The molecule has 32 heavy (non-hydrogen) atoms. The molecule has 0 atom stereocenters. The number of pyridine rings is 1. The number of hydrogen-bond acceptors (Lipinski definition) is 3. The first kappa shape index (κ1) is 17.7. The van der Waals surface area contributed by atoms with E-state index >= 15 is 0 Å². The van der Waals surface area contributed by atoms with Gasteiger partial charge in [0.25, 0.3) is 0 Å². The van der Waals surface area contributed by atoms with Crippen molar-refractivity contribution in [2.45, 2.75) is 26.7 Å². The normalized spacial score (nSPS) is 12.7. The fraction of sp³-hybridized carbons (Fsp3) is 0.143. The lowest BCUT2D eigenvalue weighted by Gasteiger charge is -2.10. The Kier molecular flexibility index (Phi) is 3.91. The predicted molar refractivity (Wildman–Crippen MR) is 130 cm³/mol. The van der Waals surface area contributed by atoms with Crippen LogP contribution in [-0.2, 0) is 0 Å². The quantitative estimate of drug-likeness (QED) is 0.300. The average molecular weight is 419 g/mol. The third kappa shape index (κ3) is 2.76. The maximum atomic E-state index is 8.40. The van der Waals surface area contributed by atoms with Crippen molar-refractivity contribution in [3.63, 3.8) is 0 Å². The first-order valence-corrected chi connectivity index (χ1v) is 10.8. The van der Waals surface area contributed by atoms with Crippen LogP contribution in [0.1, 0.15) is 32.2 Å². The molecule has 0 saturated heterocycles. The molecular weight excluding hydrogens is 394 g/mol. The van der Waals surface area contributed by atoms with Gasteiger partial charge in [0, 0.05) is 24.0 Å². The Morgan fingerprint density at radius 2 is 1.78 bits per heavy atom. The largest absolute Gasteiger partial charge is 0.455 e. The Morgan fingerprint density at radius 1 is 0.938 bits per heavy atom. The molecule has 0 unspecified atom stereocenters. The zero-order chi connectivity index (χ0) is 22.7. The summed E-state index contributed by atoms with van der Waals surface area (Å²) in [6.07, 6.45) is 1.80. The number of aryl methyl sites for hydroxylation is 1. The van der Waals surface area contributed by atoms with Gasteiger partial charge in [-0.3, -0.25) is 4.57 Å². The Hall–Kier alpha value is -3.92. The summed E-state index contributed by atoms with van der Waals surface area (Å²) in [6.45, 7) is 5.86. The minimum atomic E-state index is -0.694. The third-order valence-electron chi connectivity index (χ3n) is 6.09. The highest BCUT2D eigenvalue weighted by atomic mass is 16.3. The molecule has 0 N–H and O–H groups in total. The Bertz CT molecular complexity index is 1660. The molecule has 0 saturated carbocycles. The molecule has 0 radical (unpaired) electrons. The van der Waals surface area contributed by atoms with Crippen LogP contribution in [0.5, 0.6) is 0 Å². The first-order valence-electron chi connectivity index (χ1n) is 11.3. The van der Waals surface area contributed by atoms with Gasteiger partial charge in [-0.25, -0.2) is 9.97 Å². The van der Waals surface area contributed by atoms with E-state index in [1.54, 1.807) is 6.20 Å². The molecule has 4 heteroatoms. The second-order valence-electron chi connectivity index (χ2n) is 8.40. The fourth-order valence-electron chi connectivity index (χ4n) is 4.45. The molecule has 156 valence electrons. The Balaban J connectivity index is 1.69. The number of hydrogen-bond donors (Lipinski definition) is 0. The van der Waals surface area contributed by atoms with Crippen molar-refractivity contribution in [3.05, 3.63) is 90.1 Å². The van der Waals surface area contributed by atoms with E-state index < -0.39 is 5.89 Å². The van der Waals surface area contributed by atoms with Crippen molar-refractivity contribution in [2.24, 2.45) is 0 Å². The van der Waals surface area contributed by atoms with E-state index in [0.717, 1.165) is 55.7 Å². The van der Waals surface area contributed by atoms with Crippen LogP contribution >= 0.6 is 0 Å². The van der Waals surface area contributed by atoms with Gasteiger partial charge in [0.2, 0.25) is 0 Å². The van der Waals surface area contributed by atoms with Gasteiger partial charge >= 0.3 is 0 Å². The number of aromatic nitrogens is 3. The molecule has 0 bridgehead atoms. The summed E-state index contributed by atoms with van der Waals surface area (Å²) in [5, 5.41) is 2.07. The van der Waals surface area contributed by atoms with E-state index in [1.807, 2.05) is 56.3 Å². The van der Waals surface area contributed by atoms with Gasteiger partial charge in [0.1, 0.15) is 11.2 Å². The van der Waals surface area contributed by atoms with Crippen molar-refractivity contribution in [2.75, 3.05) is 0 Å². The molecule has 0 spiro atoms. The second kappa shape index (κ2) is 7.06. The molecule has 0 aliphatic heterocycles. The lowest BCUT2D eigenvalue weighted by molar-refractivity contribution is 0.667. The van der Waals surface area contributed by atoms with E-state index in [0.29, 0.717) is 5.65 Å². The van der Waals surface area contributed by atoms with Gasteiger partial charge in [0.05, 0.1) is 11.1 Å². The van der Waals surface area contributed by atoms with Crippen molar-refractivity contribution >= 4 is 33.1 Å². The number of rotatable bonds is 3. The Morgan fingerprint density at radius 3 is 2.59 bits per heavy atom. The molecule has 4 nitrogen and oxygen atoms in total. The summed E-state index contributed by atoms with van der Waals surface area (Å²) in [4.78, 5) is 9.51. The summed E-state index contributed by atoms with van der Waals surface area (Å²) in [5.74, 6) is 0.101. The molecule has 0 aliphatic carbocycles. The highest BCUT2D eigenvalue weighted by molar-refractivity contribution is 6.09. The smallest absolute Gasteiger partial charge is 0.178 e. The standard InChI is InChI=1S/C28H23N3O/c1-17(2)19-12-13-21-22-10-7-11-23(26(22)32-24(21)16-19)28-30-27-25(18(3)14-15-29-27)31(28)20-8-5-4-6-9-20/h4-17H,1-3H3/i17D. The van der Waals surface area contributed by atoms with Crippen LogP contribution in [0.3, 0.4) is 0 Å². The van der Waals surface area contributed by atoms with Crippen LogP contribution in [0.15, 0.2) is 83.4 Å². The van der Waals surface area contributed by atoms with Gasteiger partial charge in [-0.05, 0) is 54.3 Å². The molecule has 0 amide bonds. The van der Waals surface area contributed by atoms with E-state index in [-0.39, 0.29) is 0 Å². The van der Waals surface area contributed by atoms with Crippen molar-refractivity contribution in [1.29, 1.82) is 0 Å². The average Bonchev–Trinajstić information content (AvgIpc) is 3.38. The summed E-state index contributed by atoms with van der Waals surface area (Å²) < 4.78 is 17.0. The second-order valence-corrected chi connectivity index (χ2v) is 8.40. The highest BCUT2D eigenvalue weighted by Gasteiger charge is 2.21. The van der Waals surface area contributed by atoms with Crippen LogP contribution in [0.25, 0.3) is 50.2 Å². The topological polar surface area (TPSA) is 43.9 Å². The van der Waals surface area contributed by atoms with Crippen molar-refractivity contribution in [1.82, 2.24) is 14.5 Å².